The first kappa shape index (κ1) is 26.8. The van der Waals surface area contributed by atoms with Gasteiger partial charge in [-0.15, -0.1) is 0 Å². The summed E-state index contributed by atoms with van der Waals surface area (Å²) in [5, 5.41) is 11.5. The van der Waals surface area contributed by atoms with Gasteiger partial charge in [0.15, 0.2) is 11.5 Å². The second kappa shape index (κ2) is 11.3. The zero-order chi connectivity index (χ0) is 29.3. The van der Waals surface area contributed by atoms with Crippen molar-refractivity contribution in [2.24, 2.45) is 5.92 Å². The molecule has 2 aromatic carbocycles. The number of halogens is 1. The van der Waals surface area contributed by atoms with Crippen LogP contribution in [0.3, 0.4) is 0 Å². The molecule has 9 nitrogen and oxygen atoms in total. The summed E-state index contributed by atoms with van der Waals surface area (Å²) < 4.78 is 19.6. The maximum atomic E-state index is 14.3. The van der Waals surface area contributed by atoms with Crippen molar-refractivity contribution in [3.05, 3.63) is 72.9 Å². The van der Waals surface area contributed by atoms with Crippen molar-refractivity contribution in [3.8, 4) is 39.5 Å². The third-order valence-corrected chi connectivity index (χ3v) is 8.14. The number of H-pyrrole nitrogens is 2. The van der Waals surface area contributed by atoms with Crippen molar-refractivity contribution in [2.45, 2.75) is 38.5 Å². The van der Waals surface area contributed by atoms with E-state index in [1.807, 2.05) is 24.3 Å². The number of rotatable bonds is 7. The average molecular weight is 576 g/mol. The number of aromatic nitrogens is 6. The maximum absolute atomic E-state index is 14.3. The van der Waals surface area contributed by atoms with Crippen LogP contribution in [0.25, 0.3) is 55.8 Å². The molecule has 1 aliphatic carbocycles. The molecule has 4 heterocycles. The van der Waals surface area contributed by atoms with Gasteiger partial charge in [0.05, 0.1) is 24.5 Å². The number of nitrogens with one attached hydrogen (secondary N) is 3. The SMILES string of the molecule is COc1cc(F)cc(-c2ccnc3[nH]c(-c4n[nH]c5ccc(-c6cncc(NC(=O)CC7CCCCC7)c6)cc45)nc23)c1. The predicted molar refractivity (Wildman–Crippen MR) is 164 cm³/mol. The van der Waals surface area contributed by atoms with E-state index in [2.05, 4.69) is 30.5 Å². The zero-order valence-electron chi connectivity index (χ0n) is 23.7. The van der Waals surface area contributed by atoms with E-state index in [-0.39, 0.29) is 5.91 Å². The lowest BCUT2D eigenvalue weighted by Crippen LogP contribution is -2.18. The van der Waals surface area contributed by atoms with E-state index >= 15 is 0 Å². The number of hydrogen-bond donors (Lipinski definition) is 3. The number of benzene rings is 2. The molecule has 0 aliphatic heterocycles. The number of methoxy groups -OCH3 is 1. The summed E-state index contributed by atoms with van der Waals surface area (Å²) in [5.74, 6) is 1.05. The van der Waals surface area contributed by atoms with Crippen LogP contribution in [-0.2, 0) is 4.79 Å². The number of carbonyl (C=O) groups excluding carboxylic acids is 1. The highest BCUT2D eigenvalue weighted by Crippen LogP contribution is 2.34. The van der Waals surface area contributed by atoms with E-state index in [0.29, 0.717) is 52.0 Å². The Morgan fingerprint density at radius 3 is 2.77 bits per heavy atom. The minimum atomic E-state index is -0.400. The van der Waals surface area contributed by atoms with Crippen molar-refractivity contribution in [1.29, 1.82) is 0 Å². The summed E-state index contributed by atoms with van der Waals surface area (Å²) in [6.07, 6.45) is 11.6. The minimum Gasteiger partial charge on any atom is -0.497 e. The Bertz CT molecular complexity index is 1960. The molecule has 10 heteroatoms. The van der Waals surface area contributed by atoms with Crippen LogP contribution >= 0.6 is 0 Å². The molecule has 1 saturated carbocycles. The van der Waals surface area contributed by atoms with Crippen molar-refractivity contribution < 1.29 is 13.9 Å². The molecule has 1 fully saturated rings. The Kier molecular flexibility index (Phi) is 7.02. The molecule has 0 unspecified atom stereocenters. The van der Waals surface area contributed by atoms with E-state index < -0.39 is 5.82 Å². The van der Waals surface area contributed by atoms with E-state index in [1.54, 1.807) is 30.7 Å². The van der Waals surface area contributed by atoms with Crippen LogP contribution in [0.5, 0.6) is 5.75 Å². The van der Waals surface area contributed by atoms with Crippen LogP contribution in [-0.4, -0.2) is 43.2 Å². The van der Waals surface area contributed by atoms with Crippen LogP contribution in [0.4, 0.5) is 10.1 Å². The fraction of sp³-hybridized carbons (Fsp3) is 0.242. The summed E-state index contributed by atoms with van der Waals surface area (Å²) in [6.45, 7) is 0. The van der Waals surface area contributed by atoms with Crippen LogP contribution in [0.1, 0.15) is 38.5 Å². The maximum Gasteiger partial charge on any atom is 0.224 e. The van der Waals surface area contributed by atoms with Crippen molar-refractivity contribution in [3.63, 3.8) is 0 Å². The molecular formula is C33H30FN7O2. The predicted octanol–water partition coefficient (Wildman–Crippen LogP) is 7.29. The number of anilines is 1. The highest BCUT2D eigenvalue weighted by molar-refractivity contribution is 5.98. The molecule has 1 aliphatic rings. The van der Waals surface area contributed by atoms with Crippen molar-refractivity contribution in [1.82, 2.24) is 30.1 Å². The number of imidazole rings is 1. The van der Waals surface area contributed by atoms with Crippen LogP contribution in [0.2, 0.25) is 0 Å². The summed E-state index contributed by atoms with van der Waals surface area (Å²) in [6, 6.07) is 14.3. The summed E-state index contributed by atoms with van der Waals surface area (Å²) in [7, 11) is 1.50. The monoisotopic (exact) mass is 575 g/mol. The molecule has 0 atom stereocenters. The lowest BCUT2D eigenvalue weighted by Gasteiger charge is -2.20. The normalized spacial score (nSPS) is 13.9. The highest BCUT2D eigenvalue weighted by atomic mass is 19.1. The number of nitrogens with zero attached hydrogens (tertiary/aromatic N) is 4. The van der Waals surface area contributed by atoms with E-state index in [1.165, 1.54) is 38.5 Å². The molecular weight excluding hydrogens is 545 g/mol. The van der Waals surface area contributed by atoms with Crippen LogP contribution < -0.4 is 10.1 Å². The lowest BCUT2D eigenvalue weighted by molar-refractivity contribution is -0.117. The van der Waals surface area contributed by atoms with Gasteiger partial charge in [-0.05, 0) is 66.3 Å². The molecule has 1 amide bonds. The first-order chi connectivity index (χ1) is 21.0. The average Bonchev–Trinajstić information content (AvgIpc) is 3.65. The van der Waals surface area contributed by atoms with Gasteiger partial charge in [0.2, 0.25) is 5.91 Å². The fourth-order valence-electron chi connectivity index (χ4n) is 6.00. The zero-order valence-corrected chi connectivity index (χ0v) is 23.7. The third kappa shape index (κ3) is 5.43. The van der Waals surface area contributed by atoms with Gasteiger partial charge < -0.3 is 15.0 Å². The van der Waals surface area contributed by atoms with E-state index in [0.717, 1.165) is 40.4 Å². The second-order valence-electron chi connectivity index (χ2n) is 11.1. The van der Waals surface area contributed by atoms with Gasteiger partial charge >= 0.3 is 0 Å². The van der Waals surface area contributed by atoms with Gasteiger partial charge in [-0.3, -0.25) is 14.9 Å². The second-order valence-corrected chi connectivity index (χ2v) is 11.1. The summed E-state index contributed by atoms with van der Waals surface area (Å²) >= 11 is 0. The molecule has 0 bridgehead atoms. The number of fused-ring (bicyclic) bond motifs is 2. The van der Waals surface area contributed by atoms with Gasteiger partial charge in [-0.25, -0.2) is 14.4 Å². The minimum absolute atomic E-state index is 0.0352. The molecule has 7 rings (SSSR count). The molecule has 3 N–H and O–H groups in total. The van der Waals surface area contributed by atoms with Gasteiger partial charge in [0.25, 0.3) is 0 Å². The third-order valence-electron chi connectivity index (χ3n) is 8.14. The lowest BCUT2D eigenvalue weighted by atomic mass is 9.87. The smallest absolute Gasteiger partial charge is 0.224 e. The molecule has 0 saturated heterocycles. The number of pyridine rings is 2. The first-order valence-electron chi connectivity index (χ1n) is 14.5. The Hall–Kier alpha value is -5.12. The van der Waals surface area contributed by atoms with Crippen LogP contribution in [0, 0.1) is 11.7 Å². The number of aromatic amines is 2. The van der Waals surface area contributed by atoms with Gasteiger partial charge in [0.1, 0.15) is 22.8 Å². The van der Waals surface area contributed by atoms with Crippen LogP contribution in [0.15, 0.2) is 67.1 Å². The van der Waals surface area contributed by atoms with Crippen molar-refractivity contribution >= 4 is 33.7 Å². The summed E-state index contributed by atoms with van der Waals surface area (Å²) in [5.41, 5.74) is 6.45. The molecule has 216 valence electrons. The highest BCUT2D eigenvalue weighted by Gasteiger charge is 2.19. The molecule has 43 heavy (non-hydrogen) atoms. The molecule has 6 aromatic rings. The van der Waals surface area contributed by atoms with Crippen molar-refractivity contribution in [2.75, 3.05) is 12.4 Å². The number of amides is 1. The van der Waals surface area contributed by atoms with Gasteiger partial charge in [0, 0.05) is 41.4 Å². The Balaban J connectivity index is 1.20. The summed E-state index contributed by atoms with van der Waals surface area (Å²) in [4.78, 5) is 29.7. The number of hydrogen-bond acceptors (Lipinski definition) is 6. The van der Waals surface area contributed by atoms with E-state index in [9.17, 15) is 9.18 Å². The Labute approximate surface area is 247 Å². The molecule has 0 spiro atoms. The van der Waals surface area contributed by atoms with E-state index in [4.69, 9.17) is 9.72 Å². The van der Waals surface area contributed by atoms with Gasteiger partial charge in [-0.1, -0.05) is 25.3 Å². The van der Waals surface area contributed by atoms with Gasteiger partial charge in [-0.2, -0.15) is 5.10 Å². The topological polar surface area (TPSA) is 121 Å². The largest absolute Gasteiger partial charge is 0.497 e. The first-order valence-corrected chi connectivity index (χ1v) is 14.5. The molecule has 0 radical (unpaired) electrons. The Morgan fingerprint density at radius 1 is 1.02 bits per heavy atom. The molecule has 4 aromatic heterocycles. The number of ether oxygens (including phenoxy) is 1. The standard InChI is InChI=1S/C33H30FN7O2/c1-43-25-14-21(12-23(34)16-25)26-9-10-36-32-30(26)38-33(39-32)31-27-15-20(7-8-28(27)40-41-31)22-13-24(18-35-17-22)37-29(42)11-19-5-3-2-4-6-19/h7-10,12-19H,2-6,11H2,1H3,(H,37,42)(H,40,41)(H,36,38,39). The quantitative estimate of drug-likeness (QED) is 0.184. The Morgan fingerprint density at radius 2 is 1.91 bits per heavy atom. The number of carbonyl (C=O) groups is 1. The fourth-order valence-corrected chi connectivity index (χ4v) is 6.00.